The van der Waals surface area contributed by atoms with Gasteiger partial charge in [0.2, 0.25) is 0 Å². The van der Waals surface area contributed by atoms with Crippen LogP contribution in [0.15, 0.2) is 20.1 Å². The Labute approximate surface area is 76.2 Å². The van der Waals surface area contributed by atoms with E-state index < -0.39 is 0 Å². The van der Waals surface area contributed by atoms with Gasteiger partial charge in [0.05, 0.1) is 19.8 Å². The van der Waals surface area contributed by atoms with Crippen LogP contribution in [0.5, 0.6) is 0 Å². The summed E-state index contributed by atoms with van der Waals surface area (Å²) in [5.74, 6) is 0.535. The third kappa shape index (κ3) is 2.33. The predicted molar refractivity (Wildman–Crippen MR) is 48.4 cm³/mol. The minimum absolute atomic E-state index is 0.535. The summed E-state index contributed by atoms with van der Waals surface area (Å²) in [5.41, 5.74) is 0. The van der Waals surface area contributed by atoms with Crippen LogP contribution < -0.4 is 0 Å². The molecule has 10 heavy (non-hydrogen) atoms. The van der Waals surface area contributed by atoms with Gasteiger partial charge >= 0.3 is 0 Å². The first kappa shape index (κ1) is 8.12. The molecule has 0 bridgehead atoms. The molecule has 0 amide bonds. The van der Waals surface area contributed by atoms with Gasteiger partial charge in [0.25, 0.3) is 0 Å². The topological polar surface area (TPSA) is 23.8 Å². The predicted octanol–water partition coefficient (Wildman–Crippen LogP) is 3.13. The molecule has 0 saturated carbocycles. The highest BCUT2D eigenvalue weighted by Crippen LogP contribution is 2.29. The van der Waals surface area contributed by atoms with Crippen LogP contribution in [0.1, 0.15) is 0 Å². The lowest BCUT2D eigenvalue weighted by atomic mass is 10.7. The van der Waals surface area contributed by atoms with Gasteiger partial charge in [0.1, 0.15) is 0 Å². The van der Waals surface area contributed by atoms with E-state index in [4.69, 9.17) is 5.26 Å². The highest BCUT2D eigenvalue weighted by Gasteiger charge is 1.95. The molecule has 1 rings (SSSR count). The number of hydrogen-bond donors (Lipinski definition) is 0. The molecule has 0 aliphatic heterocycles. The van der Waals surface area contributed by atoms with Crippen molar-refractivity contribution in [3.8, 4) is 6.07 Å². The second kappa shape index (κ2) is 4.02. The van der Waals surface area contributed by atoms with E-state index in [9.17, 15) is 0 Å². The molecule has 1 aromatic heterocycles. The summed E-state index contributed by atoms with van der Waals surface area (Å²) in [6, 6.07) is 6.08. The molecule has 0 radical (unpaired) electrons. The molecule has 1 heterocycles. The van der Waals surface area contributed by atoms with Crippen LogP contribution in [0.2, 0.25) is 0 Å². The van der Waals surface area contributed by atoms with Crippen LogP contribution >= 0.6 is 39.0 Å². The average molecular weight is 234 g/mol. The van der Waals surface area contributed by atoms with Crippen molar-refractivity contribution >= 4 is 39.0 Å². The summed E-state index contributed by atoms with van der Waals surface area (Å²) in [6.45, 7) is 0. The van der Waals surface area contributed by atoms with Crippen molar-refractivity contribution in [2.24, 2.45) is 0 Å². The Morgan fingerprint density at radius 2 is 2.50 bits per heavy atom. The van der Waals surface area contributed by atoms with E-state index in [-0.39, 0.29) is 0 Å². The molecule has 0 atom stereocenters. The van der Waals surface area contributed by atoms with Gasteiger partial charge < -0.3 is 0 Å². The van der Waals surface area contributed by atoms with Crippen molar-refractivity contribution in [2.45, 2.75) is 4.21 Å². The van der Waals surface area contributed by atoms with E-state index in [1.165, 1.54) is 4.21 Å². The summed E-state index contributed by atoms with van der Waals surface area (Å²) in [5, 5.41) is 8.26. The Balaban J connectivity index is 2.52. The lowest BCUT2D eigenvalue weighted by Gasteiger charge is -1.84. The van der Waals surface area contributed by atoms with Crippen molar-refractivity contribution in [2.75, 3.05) is 5.75 Å². The monoisotopic (exact) mass is 233 g/mol. The number of thiophene rings is 1. The molecule has 4 heteroatoms. The van der Waals surface area contributed by atoms with Gasteiger partial charge in [-0.3, -0.25) is 0 Å². The van der Waals surface area contributed by atoms with Gasteiger partial charge in [0, 0.05) is 0 Å². The molecule has 1 aromatic rings. The Morgan fingerprint density at radius 3 is 3.00 bits per heavy atom. The van der Waals surface area contributed by atoms with Crippen molar-refractivity contribution in [1.29, 1.82) is 5.26 Å². The largest absolute Gasteiger partial charge is 0.197 e. The third-order valence-corrected chi connectivity index (χ3v) is 3.54. The molecule has 0 spiro atoms. The first-order valence-corrected chi connectivity index (χ1v) is 5.17. The minimum Gasteiger partial charge on any atom is -0.197 e. The summed E-state index contributed by atoms with van der Waals surface area (Å²) >= 11 is 6.57. The summed E-state index contributed by atoms with van der Waals surface area (Å²) in [7, 11) is 0. The van der Waals surface area contributed by atoms with Crippen molar-refractivity contribution < 1.29 is 0 Å². The molecular formula is C6H4BrNS2. The van der Waals surface area contributed by atoms with Gasteiger partial charge in [0.15, 0.2) is 0 Å². The maximum Gasteiger partial charge on any atom is 0.0863 e. The molecule has 0 aliphatic carbocycles. The van der Waals surface area contributed by atoms with Crippen LogP contribution in [0.3, 0.4) is 0 Å². The third-order valence-electron chi connectivity index (χ3n) is 0.828. The fourth-order valence-electron chi connectivity index (χ4n) is 0.479. The first-order valence-electron chi connectivity index (χ1n) is 2.58. The molecule has 0 aromatic carbocycles. The molecule has 0 unspecified atom stereocenters. The zero-order valence-electron chi connectivity index (χ0n) is 5.00. The van der Waals surface area contributed by atoms with E-state index in [0.717, 1.165) is 3.79 Å². The second-order valence-electron chi connectivity index (χ2n) is 1.51. The van der Waals surface area contributed by atoms with Crippen molar-refractivity contribution in [3.63, 3.8) is 0 Å². The summed E-state index contributed by atoms with van der Waals surface area (Å²) in [4.78, 5) is 0. The van der Waals surface area contributed by atoms with Gasteiger partial charge in [-0.25, -0.2) is 0 Å². The van der Waals surface area contributed by atoms with Crippen LogP contribution in [0.25, 0.3) is 0 Å². The Morgan fingerprint density at radius 1 is 1.70 bits per heavy atom. The number of hydrogen-bond acceptors (Lipinski definition) is 3. The lowest BCUT2D eigenvalue weighted by molar-refractivity contribution is 1.49. The van der Waals surface area contributed by atoms with Gasteiger partial charge in [-0.05, 0) is 28.1 Å². The quantitative estimate of drug-likeness (QED) is 0.734. The fourth-order valence-corrected chi connectivity index (χ4v) is 2.97. The summed E-state index contributed by atoms with van der Waals surface area (Å²) in [6.07, 6.45) is 0. The van der Waals surface area contributed by atoms with Crippen molar-refractivity contribution in [1.82, 2.24) is 0 Å². The van der Waals surface area contributed by atoms with E-state index in [0.29, 0.717) is 5.75 Å². The van der Waals surface area contributed by atoms with Crippen LogP contribution in [-0.2, 0) is 0 Å². The average Bonchev–Trinajstić information content (AvgIpc) is 2.31. The van der Waals surface area contributed by atoms with Gasteiger partial charge in [-0.2, -0.15) is 5.26 Å². The highest BCUT2D eigenvalue weighted by molar-refractivity contribution is 9.11. The second-order valence-corrected chi connectivity index (χ2v) is 5.24. The van der Waals surface area contributed by atoms with E-state index >= 15 is 0 Å². The van der Waals surface area contributed by atoms with Gasteiger partial charge in [-0.15, -0.1) is 23.1 Å². The number of halogens is 1. The number of rotatable bonds is 2. The SMILES string of the molecule is N#CCSc1ccc(Br)s1. The highest BCUT2D eigenvalue weighted by atomic mass is 79.9. The maximum atomic E-state index is 8.26. The smallest absolute Gasteiger partial charge is 0.0863 e. The summed E-state index contributed by atoms with van der Waals surface area (Å²) < 4.78 is 2.31. The number of nitriles is 1. The van der Waals surface area contributed by atoms with Crippen LogP contribution in [0, 0.1) is 11.3 Å². The molecule has 52 valence electrons. The van der Waals surface area contributed by atoms with Gasteiger partial charge in [-0.1, -0.05) is 0 Å². The number of thioether (sulfide) groups is 1. The normalized spacial score (nSPS) is 9.20. The maximum absolute atomic E-state index is 8.26. The van der Waals surface area contributed by atoms with Crippen LogP contribution in [0.4, 0.5) is 0 Å². The number of nitrogens with zero attached hydrogens (tertiary/aromatic N) is 1. The standard InChI is InChI=1S/C6H4BrNS2/c7-5-1-2-6(10-5)9-4-3-8/h1-2H,4H2. The lowest BCUT2D eigenvalue weighted by Crippen LogP contribution is -1.64. The molecule has 0 N–H and O–H groups in total. The van der Waals surface area contributed by atoms with E-state index in [1.54, 1.807) is 23.1 Å². The van der Waals surface area contributed by atoms with Crippen LogP contribution in [-0.4, -0.2) is 5.75 Å². The molecule has 0 fully saturated rings. The zero-order valence-corrected chi connectivity index (χ0v) is 8.22. The van der Waals surface area contributed by atoms with E-state index in [2.05, 4.69) is 22.0 Å². The first-order chi connectivity index (χ1) is 4.83. The Hall–Kier alpha value is 0.0200. The van der Waals surface area contributed by atoms with Crippen molar-refractivity contribution in [3.05, 3.63) is 15.9 Å². The molecule has 1 nitrogen and oxygen atoms in total. The minimum atomic E-state index is 0.535. The fraction of sp³-hybridized carbons (Fsp3) is 0.167. The Kier molecular flexibility index (Phi) is 3.26. The molecule has 0 saturated heterocycles. The molecule has 0 aliphatic rings. The molecular weight excluding hydrogens is 230 g/mol. The van der Waals surface area contributed by atoms with E-state index in [1.807, 2.05) is 12.1 Å². The Bertz CT molecular complexity index is 250. The zero-order chi connectivity index (χ0) is 7.40.